The summed E-state index contributed by atoms with van der Waals surface area (Å²) in [5, 5.41) is 0. The van der Waals surface area contributed by atoms with E-state index in [-0.39, 0.29) is 5.91 Å². The van der Waals surface area contributed by atoms with Crippen molar-refractivity contribution in [3.05, 3.63) is 42.5 Å². The molecule has 7 nitrogen and oxygen atoms in total. The van der Waals surface area contributed by atoms with Gasteiger partial charge in [0.05, 0.1) is 6.26 Å². The zero-order valence-corrected chi connectivity index (χ0v) is 15.5. The van der Waals surface area contributed by atoms with Gasteiger partial charge in [0.15, 0.2) is 0 Å². The Morgan fingerprint density at radius 3 is 2.56 bits per heavy atom. The minimum atomic E-state index is 0.0164. The van der Waals surface area contributed by atoms with Gasteiger partial charge in [-0.2, -0.15) is 4.98 Å². The van der Waals surface area contributed by atoms with E-state index in [4.69, 9.17) is 9.40 Å². The fourth-order valence-corrected chi connectivity index (χ4v) is 3.56. The highest BCUT2D eigenvalue weighted by Gasteiger charge is 2.22. The third-order valence-electron chi connectivity index (χ3n) is 5.12. The first kappa shape index (κ1) is 17.6. The number of furan rings is 1. The predicted molar refractivity (Wildman–Crippen MR) is 105 cm³/mol. The van der Waals surface area contributed by atoms with Crippen LogP contribution in [0.4, 0.5) is 11.8 Å². The molecule has 0 spiro atoms. The lowest BCUT2D eigenvalue weighted by Crippen LogP contribution is -2.48. The smallest absolute Gasteiger partial charge is 0.246 e. The molecule has 0 saturated carbocycles. The second kappa shape index (κ2) is 8.24. The molecule has 0 N–H and O–H groups in total. The molecule has 2 aliphatic heterocycles. The molecular formula is C20H25N5O2. The number of aromatic nitrogens is 2. The Labute approximate surface area is 159 Å². The third-order valence-corrected chi connectivity index (χ3v) is 5.12. The van der Waals surface area contributed by atoms with E-state index in [0.29, 0.717) is 18.8 Å². The Hall–Kier alpha value is -2.83. The fourth-order valence-electron chi connectivity index (χ4n) is 3.56. The summed E-state index contributed by atoms with van der Waals surface area (Å²) in [4.78, 5) is 27.9. The summed E-state index contributed by atoms with van der Waals surface area (Å²) < 4.78 is 5.22. The number of amides is 1. The highest BCUT2D eigenvalue weighted by Crippen LogP contribution is 2.20. The van der Waals surface area contributed by atoms with Crippen molar-refractivity contribution in [1.82, 2.24) is 14.9 Å². The summed E-state index contributed by atoms with van der Waals surface area (Å²) in [6.45, 7) is 4.99. The van der Waals surface area contributed by atoms with E-state index in [2.05, 4.69) is 14.8 Å². The van der Waals surface area contributed by atoms with Crippen molar-refractivity contribution in [1.29, 1.82) is 0 Å². The minimum absolute atomic E-state index is 0.0164. The lowest BCUT2D eigenvalue weighted by Gasteiger charge is -2.35. The second-order valence-electron chi connectivity index (χ2n) is 6.92. The first-order chi connectivity index (χ1) is 13.3. The highest BCUT2D eigenvalue weighted by atomic mass is 16.3. The van der Waals surface area contributed by atoms with E-state index in [1.54, 1.807) is 18.4 Å². The van der Waals surface area contributed by atoms with Crippen molar-refractivity contribution < 1.29 is 9.21 Å². The number of carbonyl (C=O) groups excluding carboxylic acids is 1. The first-order valence-electron chi connectivity index (χ1n) is 9.63. The van der Waals surface area contributed by atoms with Gasteiger partial charge in [0.1, 0.15) is 11.6 Å². The number of hydrogen-bond donors (Lipinski definition) is 0. The van der Waals surface area contributed by atoms with Crippen LogP contribution in [0.5, 0.6) is 0 Å². The van der Waals surface area contributed by atoms with Gasteiger partial charge in [-0.15, -0.1) is 0 Å². The van der Waals surface area contributed by atoms with Crippen LogP contribution in [0.3, 0.4) is 0 Å². The topological polar surface area (TPSA) is 65.7 Å². The van der Waals surface area contributed by atoms with Crippen LogP contribution in [0.15, 0.2) is 41.2 Å². The van der Waals surface area contributed by atoms with Crippen LogP contribution in [0, 0.1) is 0 Å². The molecule has 0 bridgehead atoms. The quantitative estimate of drug-likeness (QED) is 0.774. The molecule has 0 unspecified atom stereocenters. The van der Waals surface area contributed by atoms with Crippen LogP contribution in [-0.4, -0.2) is 60.0 Å². The van der Waals surface area contributed by atoms with Crippen molar-refractivity contribution in [2.75, 3.05) is 49.1 Å². The van der Waals surface area contributed by atoms with Gasteiger partial charge in [-0.25, -0.2) is 4.98 Å². The maximum atomic E-state index is 12.3. The van der Waals surface area contributed by atoms with Gasteiger partial charge < -0.3 is 19.1 Å². The number of piperidine rings is 1. The van der Waals surface area contributed by atoms with Crippen LogP contribution in [0.25, 0.3) is 6.08 Å². The molecule has 4 heterocycles. The summed E-state index contributed by atoms with van der Waals surface area (Å²) in [7, 11) is 0. The lowest BCUT2D eigenvalue weighted by atomic mass is 10.1. The monoisotopic (exact) mass is 367 g/mol. The normalized spacial score (nSPS) is 18.3. The number of piperazine rings is 1. The fraction of sp³-hybridized carbons (Fsp3) is 0.450. The molecule has 4 rings (SSSR count). The second-order valence-corrected chi connectivity index (χ2v) is 6.92. The molecule has 2 aromatic heterocycles. The molecule has 1 amide bonds. The van der Waals surface area contributed by atoms with Crippen LogP contribution in [0.1, 0.15) is 25.0 Å². The minimum Gasteiger partial charge on any atom is -0.465 e. The number of hydrogen-bond acceptors (Lipinski definition) is 6. The summed E-state index contributed by atoms with van der Waals surface area (Å²) in [5.41, 5.74) is 0. The average Bonchev–Trinajstić information content (AvgIpc) is 3.27. The molecule has 0 atom stereocenters. The van der Waals surface area contributed by atoms with Crippen molar-refractivity contribution in [2.45, 2.75) is 19.3 Å². The van der Waals surface area contributed by atoms with Gasteiger partial charge in [0.2, 0.25) is 11.9 Å². The lowest BCUT2D eigenvalue weighted by molar-refractivity contribution is -0.126. The molecule has 0 radical (unpaired) electrons. The first-order valence-corrected chi connectivity index (χ1v) is 9.63. The van der Waals surface area contributed by atoms with Crippen molar-refractivity contribution in [3.63, 3.8) is 0 Å². The predicted octanol–water partition coefficient (Wildman–Crippen LogP) is 2.42. The Bertz CT molecular complexity index is 775. The Morgan fingerprint density at radius 1 is 1.00 bits per heavy atom. The molecule has 2 aromatic rings. The SMILES string of the molecule is O=C(/C=C/c1ccco1)N1CCN(c2ccnc(N3CCCCC3)n2)CC1. The zero-order valence-electron chi connectivity index (χ0n) is 15.5. The molecular weight excluding hydrogens is 342 g/mol. The van der Waals surface area contributed by atoms with Crippen LogP contribution in [0.2, 0.25) is 0 Å². The van der Waals surface area contributed by atoms with Gasteiger partial charge in [-0.05, 0) is 43.5 Å². The van der Waals surface area contributed by atoms with Crippen LogP contribution < -0.4 is 9.80 Å². The molecule has 7 heteroatoms. The van der Waals surface area contributed by atoms with Gasteiger partial charge in [-0.3, -0.25) is 4.79 Å². The van der Waals surface area contributed by atoms with Crippen molar-refractivity contribution >= 4 is 23.7 Å². The van der Waals surface area contributed by atoms with E-state index in [1.165, 1.54) is 19.3 Å². The molecule has 27 heavy (non-hydrogen) atoms. The highest BCUT2D eigenvalue weighted by molar-refractivity contribution is 5.91. The maximum absolute atomic E-state index is 12.3. The molecule has 2 saturated heterocycles. The third kappa shape index (κ3) is 4.30. The molecule has 2 fully saturated rings. The summed E-state index contributed by atoms with van der Waals surface area (Å²) in [5.74, 6) is 2.48. The largest absolute Gasteiger partial charge is 0.465 e. The van der Waals surface area contributed by atoms with E-state index < -0.39 is 0 Å². The number of rotatable bonds is 4. The molecule has 0 aromatic carbocycles. The number of anilines is 2. The van der Waals surface area contributed by atoms with Gasteiger partial charge in [0.25, 0.3) is 0 Å². The molecule has 2 aliphatic rings. The van der Waals surface area contributed by atoms with Crippen LogP contribution in [-0.2, 0) is 4.79 Å². The summed E-state index contributed by atoms with van der Waals surface area (Å²) in [6.07, 6.45) is 10.4. The van der Waals surface area contributed by atoms with Gasteiger partial charge >= 0.3 is 0 Å². The zero-order chi connectivity index (χ0) is 18.5. The van der Waals surface area contributed by atoms with Crippen molar-refractivity contribution in [3.8, 4) is 0 Å². The number of carbonyl (C=O) groups is 1. The Balaban J connectivity index is 1.34. The van der Waals surface area contributed by atoms with E-state index in [9.17, 15) is 4.79 Å². The average molecular weight is 367 g/mol. The molecule has 0 aliphatic carbocycles. The molecule has 142 valence electrons. The summed E-state index contributed by atoms with van der Waals surface area (Å²) in [6, 6.07) is 5.60. The van der Waals surface area contributed by atoms with Crippen molar-refractivity contribution in [2.24, 2.45) is 0 Å². The van der Waals surface area contributed by atoms with E-state index in [1.807, 2.05) is 29.3 Å². The van der Waals surface area contributed by atoms with E-state index in [0.717, 1.165) is 37.9 Å². The maximum Gasteiger partial charge on any atom is 0.246 e. The van der Waals surface area contributed by atoms with Gasteiger partial charge in [-0.1, -0.05) is 0 Å². The Kier molecular flexibility index (Phi) is 5.37. The van der Waals surface area contributed by atoms with Gasteiger partial charge in [0, 0.05) is 51.5 Å². The van der Waals surface area contributed by atoms with E-state index >= 15 is 0 Å². The van der Waals surface area contributed by atoms with Crippen LogP contribution >= 0.6 is 0 Å². The summed E-state index contributed by atoms with van der Waals surface area (Å²) >= 11 is 0. The number of nitrogens with zero attached hydrogens (tertiary/aromatic N) is 5. The Morgan fingerprint density at radius 2 is 1.81 bits per heavy atom. The standard InChI is InChI=1S/C20H25N5O2/c26-19(7-6-17-5-4-16-27-17)24-14-12-23(13-15-24)18-8-9-21-20(22-18)25-10-2-1-3-11-25/h4-9,16H,1-3,10-15H2/b7-6+.